The van der Waals surface area contributed by atoms with Crippen LogP contribution in [0.15, 0.2) is 9.64 Å². The minimum absolute atomic E-state index is 0.0000505. The van der Waals surface area contributed by atoms with E-state index in [0.29, 0.717) is 17.5 Å². The summed E-state index contributed by atoms with van der Waals surface area (Å²) >= 11 is 1.34. The number of rotatable bonds is 6. The minimum atomic E-state index is 0.0000505. The zero-order valence-electron chi connectivity index (χ0n) is 15.1. The molecule has 1 aromatic heterocycles. The molecule has 2 heterocycles. The highest BCUT2D eigenvalue weighted by Gasteiger charge is 2.54. The lowest BCUT2D eigenvalue weighted by Crippen LogP contribution is -2.48. The van der Waals surface area contributed by atoms with Gasteiger partial charge in [-0.25, -0.2) is 0 Å². The molecule has 0 radical (unpaired) electrons. The molecule has 6 rings (SSSR count). The number of carbonyl (C=O) groups is 1. The van der Waals surface area contributed by atoms with Crippen molar-refractivity contribution in [3.63, 3.8) is 0 Å². The molecule has 1 aromatic rings. The second kappa shape index (κ2) is 6.82. The molecule has 4 bridgehead atoms. The Hall–Kier alpha value is -1.08. The summed E-state index contributed by atoms with van der Waals surface area (Å²) in [4.78, 5) is 12.0. The molecule has 142 valence electrons. The Bertz CT molecular complexity index is 635. The van der Waals surface area contributed by atoms with Crippen molar-refractivity contribution in [3.8, 4) is 0 Å². The number of amides is 1. The monoisotopic (exact) mass is 377 g/mol. The van der Waals surface area contributed by atoms with Crippen LogP contribution in [0, 0.1) is 17.8 Å². The fourth-order valence-electron chi connectivity index (χ4n) is 6.07. The first-order chi connectivity index (χ1) is 12.7. The van der Waals surface area contributed by atoms with E-state index in [0.717, 1.165) is 43.1 Å². The van der Waals surface area contributed by atoms with Crippen molar-refractivity contribution >= 4 is 17.7 Å². The number of hydrogen-bond acceptors (Lipinski definition) is 6. The lowest BCUT2D eigenvalue weighted by Gasteiger charge is -2.55. The van der Waals surface area contributed by atoms with E-state index in [1.165, 1.54) is 50.3 Å². The van der Waals surface area contributed by atoms with Crippen molar-refractivity contribution in [2.45, 2.75) is 68.1 Å². The predicted octanol–water partition coefficient (Wildman–Crippen LogP) is 2.92. The van der Waals surface area contributed by atoms with E-state index in [2.05, 4.69) is 15.5 Å². The minimum Gasteiger partial charge on any atom is -0.415 e. The topological polar surface area (TPSA) is 77.2 Å². The molecule has 0 unspecified atom stereocenters. The second-order valence-electron chi connectivity index (χ2n) is 8.80. The van der Waals surface area contributed by atoms with Gasteiger partial charge in [-0.3, -0.25) is 4.79 Å². The average Bonchev–Trinajstić information content (AvgIpc) is 3.29. The van der Waals surface area contributed by atoms with Crippen LogP contribution < -0.4 is 5.32 Å². The van der Waals surface area contributed by atoms with E-state index >= 15 is 0 Å². The highest BCUT2D eigenvalue weighted by atomic mass is 32.2. The summed E-state index contributed by atoms with van der Waals surface area (Å²) in [5, 5.41) is 12.1. The van der Waals surface area contributed by atoms with Gasteiger partial charge in [0.05, 0.1) is 11.9 Å². The number of nitrogens with zero attached hydrogens (tertiary/aromatic N) is 2. The Morgan fingerprint density at radius 1 is 1.15 bits per heavy atom. The fraction of sp³-hybridized carbons (Fsp3) is 0.842. The van der Waals surface area contributed by atoms with Crippen LogP contribution in [-0.2, 0) is 14.9 Å². The smallest absolute Gasteiger partial charge is 0.277 e. The Balaban J connectivity index is 1.16. The molecular weight excluding hydrogens is 350 g/mol. The van der Waals surface area contributed by atoms with E-state index in [1.807, 2.05) is 0 Å². The Labute approximate surface area is 158 Å². The first-order valence-electron chi connectivity index (χ1n) is 10.0. The molecule has 0 spiro atoms. The summed E-state index contributed by atoms with van der Waals surface area (Å²) in [6.07, 6.45) is 10.2. The van der Waals surface area contributed by atoms with Crippen LogP contribution in [0.5, 0.6) is 0 Å². The number of ether oxygens (including phenoxy) is 1. The number of nitrogens with one attached hydrogen (secondary N) is 1. The highest BCUT2D eigenvalue weighted by molar-refractivity contribution is 7.99. The Morgan fingerprint density at radius 3 is 2.54 bits per heavy atom. The average molecular weight is 378 g/mol. The van der Waals surface area contributed by atoms with Gasteiger partial charge in [0, 0.05) is 18.6 Å². The zero-order chi connectivity index (χ0) is 17.6. The maximum Gasteiger partial charge on any atom is 0.277 e. The van der Waals surface area contributed by atoms with Crippen molar-refractivity contribution in [1.82, 2.24) is 15.5 Å². The van der Waals surface area contributed by atoms with Crippen LogP contribution in [0.4, 0.5) is 0 Å². The van der Waals surface area contributed by atoms with Gasteiger partial charge in [-0.15, -0.1) is 10.2 Å². The summed E-state index contributed by atoms with van der Waals surface area (Å²) in [5.41, 5.74) is 0.128. The van der Waals surface area contributed by atoms with Gasteiger partial charge in [-0.05, 0) is 69.1 Å². The van der Waals surface area contributed by atoms with Crippen molar-refractivity contribution in [2.24, 2.45) is 17.8 Å². The lowest BCUT2D eigenvalue weighted by molar-refractivity contribution is -0.119. The quantitative estimate of drug-likeness (QED) is 0.768. The van der Waals surface area contributed by atoms with Gasteiger partial charge in [0.15, 0.2) is 0 Å². The molecule has 26 heavy (non-hydrogen) atoms. The van der Waals surface area contributed by atoms with Crippen molar-refractivity contribution < 1.29 is 13.9 Å². The van der Waals surface area contributed by atoms with Crippen LogP contribution in [0.1, 0.15) is 57.3 Å². The summed E-state index contributed by atoms with van der Waals surface area (Å²) in [6.45, 7) is 1.41. The van der Waals surface area contributed by atoms with E-state index in [-0.39, 0.29) is 17.4 Å². The van der Waals surface area contributed by atoms with Gasteiger partial charge >= 0.3 is 0 Å². The maximum atomic E-state index is 12.0. The van der Waals surface area contributed by atoms with E-state index in [9.17, 15) is 4.79 Å². The SMILES string of the molecule is O=C(CSc1nnc(C23CC4CC(CC(C4)C2)C3)o1)NC[C@@H]1CCCO1. The largest absolute Gasteiger partial charge is 0.415 e. The molecule has 7 heteroatoms. The standard InChI is InChI=1S/C19H27N3O3S/c23-16(20-10-15-2-1-3-24-15)11-26-18-22-21-17(25-18)19-7-12-4-13(8-19)6-14(5-12)9-19/h12-15H,1-11H2,(H,20,23)/t12?,13?,14?,15-,19?/m0/s1. The first-order valence-corrected chi connectivity index (χ1v) is 11.0. The van der Waals surface area contributed by atoms with E-state index in [1.54, 1.807) is 0 Å². The van der Waals surface area contributed by atoms with Crippen LogP contribution in [0.3, 0.4) is 0 Å². The molecular formula is C19H27N3O3S. The number of aromatic nitrogens is 2. The summed E-state index contributed by atoms with van der Waals surface area (Å²) in [6, 6.07) is 0. The van der Waals surface area contributed by atoms with E-state index in [4.69, 9.17) is 9.15 Å². The lowest BCUT2D eigenvalue weighted by atomic mass is 9.49. The molecule has 4 aliphatic carbocycles. The highest BCUT2D eigenvalue weighted by Crippen LogP contribution is 2.60. The van der Waals surface area contributed by atoms with Gasteiger partial charge in [-0.2, -0.15) is 0 Å². The molecule has 1 atom stereocenters. The van der Waals surface area contributed by atoms with Gasteiger partial charge in [-0.1, -0.05) is 11.8 Å². The van der Waals surface area contributed by atoms with Gasteiger partial charge in [0.1, 0.15) is 0 Å². The van der Waals surface area contributed by atoms with Crippen LogP contribution in [-0.4, -0.2) is 41.1 Å². The van der Waals surface area contributed by atoms with Crippen LogP contribution >= 0.6 is 11.8 Å². The maximum absolute atomic E-state index is 12.0. The zero-order valence-corrected chi connectivity index (χ0v) is 15.9. The second-order valence-corrected chi connectivity index (χ2v) is 9.73. The normalized spacial score (nSPS) is 38.0. The summed E-state index contributed by atoms with van der Waals surface area (Å²) in [5.74, 6) is 3.71. The van der Waals surface area contributed by atoms with E-state index < -0.39 is 0 Å². The molecule has 1 amide bonds. The molecule has 5 fully saturated rings. The number of thioether (sulfide) groups is 1. The molecule has 4 saturated carbocycles. The van der Waals surface area contributed by atoms with Crippen LogP contribution in [0.25, 0.3) is 0 Å². The Kier molecular flexibility index (Phi) is 4.47. The predicted molar refractivity (Wildman–Crippen MR) is 96.9 cm³/mol. The van der Waals surface area contributed by atoms with Gasteiger partial charge in [0.25, 0.3) is 5.22 Å². The summed E-state index contributed by atoms with van der Waals surface area (Å²) in [7, 11) is 0. The molecule has 1 aliphatic heterocycles. The fourth-order valence-corrected chi connectivity index (χ4v) is 6.66. The molecule has 6 nitrogen and oxygen atoms in total. The molecule has 1 N–H and O–H groups in total. The van der Waals surface area contributed by atoms with Gasteiger partial charge in [0.2, 0.25) is 11.8 Å². The summed E-state index contributed by atoms with van der Waals surface area (Å²) < 4.78 is 11.6. The molecule has 0 aromatic carbocycles. The first kappa shape index (κ1) is 17.0. The van der Waals surface area contributed by atoms with Crippen LogP contribution in [0.2, 0.25) is 0 Å². The van der Waals surface area contributed by atoms with Crippen molar-refractivity contribution in [3.05, 3.63) is 5.89 Å². The third-order valence-corrected chi connectivity index (χ3v) is 7.59. The molecule has 5 aliphatic rings. The number of carbonyl (C=O) groups excluding carboxylic acids is 1. The third kappa shape index (κ3) is 3.28. The van der Waals surface area contributed by atoms with Crippen molar-refractivity contribution in [1.29, 1.82) is 0 Å². The number of hydrogen-bond donors (Lipinski definition) is 1. The van der Waals surface area contributed by atoms with Crippen molar-refractivity contribution in [2.75, 3.05) is 18.9 Å². The Morgan fingerprint density at radius 2 is 1.88 bits per heavy atom. The third-order valence-electron chi connectivity index (χ3n) is 6.78. The molecule has 1 saturated heterocycles. The van der Waals surface area contributed by atoms with Gasteiger partial charge < -0.3 is 14.5 Å².